The molecule has 7 heteroatoms. The van der Waals surface area contributed by atoms with Crippen molar-refractivity contribution in [1.82, 2.24) is 5.32 Å². The van der Waals surface area contributed by atoms with Crippen LogP contribution in [0.15, 0.2) is 72.8 Å². The maximum absolute atomic E-state index is 12.4. The average molecular weight is 420 g/mol. The lowest BCUT2D eigenvalue weighted by Crippen LogP contribution is -2.23. The molecule has 7 nitrogen and oxygen atoms in total. The zero-order chi connectivity index (χ0) is 22.1. The molecule has 0 aliphatic heterocycles. The Morgan fingerprint density at radius 1 is 0.839 bits per heavy atom. The first kappa shape index (κ1) is 21.7. The largest absolute Gasteiger partial charge is 0.497 e. The van der Waals surface area contributed by atoms with Crippen LogP contribution in [0.1, 0.15) is 15.9 Å². The van der Waals surface area contributed by atoms with E-state index in [1.165, 1.54) is 7.11 Å². The Balaban J connectivity index is 1.56. The first-order valence-corrected chi connectivity index (χ1v) is 9.66. The molecular formula is C24H24N2O5. The summed E-state index contributed by atoms with van der Waals surface area (Å²) >= 11 is 0. The number of carbonyl (C=O) groups is 2. The molecule has 2 N–H and O–H groups in total. The molecule has 0 saturated heterocycles. The third-order valence-corrected chi connectivity index (χ3v) is 4.44. The Kier molecular flexibility index (Phi) is 7.48. The number of hydrogen-bond donors (Lipinski definition) is 2. The molecule has 2 amide bonds. The lowest BCUT2D eigenvalue weighted by molar-refractivity contribution is -0.118. The highest BCUT2D eigenvalue weighted by Crippen LogP contribution is 2.28. The molecule has 0 saturated carbocycles. The Hall–Kier alpha value is -4.00. The summed E-state index contributed by atoms with van der Waals surface area (Å²) in [5.41, 5.74) is 1.93. The second-order valence-corrected chi connectivity index (χ2v) is 6.60. The summed E-state index contributed by atoms with van der Waals surface area (Å²) in [5.74, 6) is 0.919. The third-order valence-electron chi connectivity index (χ3n) is 4.44. The molecule has 3 aromatic carbocycles. The van der Waals surface area contributed by atoms with Crippen LogP contribution in [0.4, 0.5) is 5.69 Å². The number of rotatable bonds is 9. The summed E-state index contributed by atoms with van der Waals surface area (Å²) in [6, 6.07) is 21.4. The normalized spacial score (nSPS) is 10.1. The van der Waals surface area contributed by atoms with E-state index in [9.17, 15) is 9.59 Å². The van der Waals surface area contributed by atoms with Gasteiger partial charge in [0.2, 0.25) is 0 Å². The van der Waals surface area contributed by atoms with E-state index in [-0.39, 0.29) is 18.4 Å². The van der Waals surface area contributed by atoms with Gasteiger partial charge in [0, 0.05) is 18.2 Å². The number of amides is 2. The first-order valence-electron chi connectivity index (χ1n) is 9.66. The highest BCUT2D eigenvalue weighted by atomic mass is 16.5. The molecule has 0 radical (unpaired) electrons. The molecule has 0 heterocycles. The zero-order valence-electron chi connectivity index (χ0n) is 17.4. The second kappa shape index (κ2) is 10.7. The highest BCUT2D eigenvalue weighted by molar-refractivity contribution is 5.95. The van der Waals surface area contributed by atoms with Gasteiger partial charge in [-0.15, -0.1) is 0 Å². The monoisotopic (exact) mass is 420 g/mol. The van der Waals surface area contributed by atoms with Crippen molar-refractivity contribution in [3.8, 4) is 17.2 Å². The van der Waals surface area contributed by atoms with E-state index >= 15 is 0 Å². The molecule has 0 atom stereocenters. The van der Waals surface area contributed by atoms with Crippen molar-refractivity contribution >= 4 is 17.5 Å². The fourth-order valence-electron chi connectivity index (χ4n) is 2.85. The van der Waals surface area contributed by atoms with E-state index in [0.717, 1.165) is 5.56 Å². The summed E-state index contributed by atoms with van der Waals surface area (Å²) in [4.78, 5) is 24.7. The molecule has 0 unspecified atom stereocenters. The van der Waals surface area contributed by atoms with Gasteiger partial charge in [-0.3, -0.25) is 9.59 Å². The standard InChI is InChI=1S/C24H24N2O5/c1-29-19-11-12-22(30-2)21(14-19)26-23(27)16-31-20-10-6-9-18(13-20)24(28)25-15-17-7-4-3-5-8-17/h3-14H,15-16H2,1-2H3,(H,25,28)(H,26,27). The van der Waals surface area contributed by atoms with Crippen LogP contribution < -0.4 is 24.8 Å². The van der Waals surface area contributed by atoms with Crippen molar-refractivity contribution in [3.05, 3.63) is 83.9 Å². The van der Waals surface area contributed by atoms with Crippen LogP contribution >= 0.6 is 0 Å². The van der Waals surface area contributed by atoms with E-state index in [4.69, 9.17) is 14.2 Å². The van der Waals surface area contributed by atoms with Gasteiger partial charge in [-0.05, 0) is 35.9 Å². The van der Waals surface area contributed by atoms with Crippen molar-refractivity contribution in [3.63, 3.8) is 0 Å². The molecule has 0 aliphatic carbocycles. The molecule has 0 spiro atoms. The fraction of sp³-hybridized carbons (Fsp3) is 0.167. The molecule has 160 valence electrons. The summed E-state index contributed by atoms with van der Waals surface area (Å²) < 4.78 is 16.0. The van der Waals surface area contributed by atoms with Crippen LogP contribution in [0, 0.1) is 0 Å². The number of hydrogen-bond acceptors (Lipinski definition) is 5. The Morgan fingerprint density at radius 3 is 2.39 bits per heavy atom. The van der Waals surface area contributed by atoms with Gasteiger partial charge in [0.15, 0.2) is 6.61 Å². The topological polar surface area (TPSA) is 85.9 Å². The summed E-state index contributed by atoms with van der Waals surface area (Å²) in [6.07, 6.45) is 0. The molecule has 3 aromatic rings. The smallest absolute Gasteiger partial charge is 0.262 e. The van der Waals surface area contributed by atoms with Crippen LogP contribution in [-0.4, -0.2) is 32.6 Å². The van der Waals surface area contributed by atoms with Gasteiger partial charge in [-0.2, -0.15) is 0 Å². The first-order chi connectivity index (χ1) is 15.1. The van der Waals surface area contributed by atoms with E-state index in [2.05, 4.69) is 10.6 Å². The number of methoxy groups -OCH3 is 2. The van der Waals surface area contributed by atoms with E-state index in [1.54, 1.807) is 49.6 Å². The Morgan fingerprint density at radius 2 is 1.65 bits per heavy atom. The van der Waals surface area contributed by atoms with Crippen molar-refractivity contribution in [2.24, 2.45) is 0 Å². The van der Waals surface area contributed by atoms with E-state index in [1.807, 2.05) is 30.3 Å². The average Bonchev–Trinajstić information content (AvgIpc) is 2.82. The highest BCUT2D eigenvalue weighted by Gasteiger charge is 2.11. The third kappa shape index (κ3) is 6.24. The fourth-order valence-corrected chi connectivity index (χ4v) is 2.85. The summed E-state index contributed by atoms with van der Waals surface area (Å²) in [5, 5.41) is 5.60. The number of nitrogens with one attached hydrogen (secondary N) is 2. The molecular weight excluding hydrogens is 396 g/mol. The minimum atomic E-state index is -0.370. The van der Waals surface area contributed by atoms with Gasteiger partial charge in [0.05, 0.1) is 19.9 Å². The maximum atomic E-state index is 12.4. The van der Waals surface area contributed by atoms with Gasteiger partial charge in [0.25, 0.3) is 11.8 Å². The van der Waals surface area contributed by atoms with Gasteiger partial charge < -0.3 is 24.8 Å². The summed E-state index contributed by atoms with van der Waals surface area (Å²) in [7, 11) is 3.06. The molecule has 0 bridgehead atoms. The minimum Gasteiger partial charge on any atom is -0.497 e. The molecule has 0 aliphatic rings. The van der Waals surface area contributed by atoms with Crippen molar-refractivity contribution in [1.29, 1.82) is 0 Å². The predicted octanol–water partition coefficient (Wildman–Crippen LogP) is 3.65. The van der Waals surface area contributed by atoms with Crippen molar-refractivity contribution in [2.75, 3.05) is 26.1 Å². The van der Waals surface area contributed by atoms with Crippen LogP contribution in [-0.2, 0) is 11.3 Å². The van der Waals surface area contributed by atoms with Gasteiger partial charge in [0.1, 0.15) is 17.2 Å². The van der Waals surface area contributed by atoms with Crippen LogP contribution in [0.3, 0.4) is 0 Å². The van der Waals surface area contributed by atoms with E-state index in [0.29, 0.717) is 35.0 Å². The molecule has 31 heavy (non-hydrogen) atoms. The summed E-state index contributed by atoms with van der Waals surface area (Å²) in [6.45, 7) is 0.199. The van der Waals surface area contributed by atoms with Gasteiger partial charge >= 0.3 is 0 Å². The van der Waals surface area contributed by atoms with Gasteiger partial charge in [-0.1, -0.05) is 36.4 Å². The second-order valence-electron chi connectivity index (χ2n) is 6.60. The minimum absolute atomic E-state index is 0.222. The Bertz CT molecular complexity index is 1040. The predicted molar refractivity (Wildman–Crippen MR) is 118 cm³/mol. The number of benzene rings is 3. The zero-order valence-corrected chi connectivity index (χ0v) is 17.4. The maximum Gasteiger partial charge on any atom is 0.262 e. The van der Waals surface area contributed by atoms with Crippen LogP contribution in [0.2, 0.25) is 0 Å². The Labute approximate surface area is 180 Å². The lowest BCUT2D eigenvalue weighted by atomic mass is 10.2. The van der Waals surface area contributed by atoms with Crippen molar-refractivity contribution in [2.45, 2.75) is 6.54 Å². The lowest BCUT2D eigenvalue weighted by Gasteiger charge is -2.12. The van der Waals surface area contributed by atoms with E-state index < -0.39 is 0 Å². The molecule has 0 fully saturated rings. The van der Waals surface area contributed by atoms with Crippen LogP contribution in [0.5, 0.6) is 17.2 Å². The number of carbonyl (C=O) groups excluding carboxylic acids is 2. The number of anilines is 1. The SMILES string of the molecule is COc1ccc(OC)c(NC(=O)COc2cccc(C(=O)NCc3ccccc3)c2)c1. The molecule has 0 aromatic heterocycles. The van der Waals surface area contributed by atoms with Crippen LogP contribution in [0.25, 0.3) is 0 Å². The number of ether oxygens (including phenoxy) is 3. The van der Waals surface area contributed by atoms with Gasteiger partial charge in [-0.25, -0.2) is 0 Å². The molecule has 3 rings (SSSR count). The van der Waals surface area contributed by atoms with Crippen molar-refractivity contribution < 1.29 is 23.8 Å². The quantitative estimate of drug-likeness (QED) is 0.552.